The standard InChI is InChI=1S/C17H30N2O/c1-5-16-7-6-8-19(16)12-17-9-15(14(4)20-17)11-18-10-13(2)3/h9,13,16,18H,5-8,10-12H2,1-4H3. The van der Waals surface area contributed by atoms with Crippen LogP contribution in [0.1, 0.15) is 57.1 Å². The summed E-state index contributed by atoms with van der Waals surface area (Å²) < 4.78 is 5.95. The van der Waals surface area contributed by atoms with Crippen molar-refractivity contribution < 1.29 is 4.42 Å². The second-order valence-electron chi connectivity index (χ2n) is 6.49. The summed E-state index contributed by atoms with van der Waals surface area (Å²) in [5.41, 5.74) is 1.31. The summed E-state index contributed by atoms with van der Waals surface area (Å²) in [6, 6.07) is 3.00. The van der Waals surface area contributed by atoms with Gasteiger partial charge in [-0.2, -0.15) is 0 Å². The van der Waals surface area contributed by atoms with Crippen LogP contribution in [-0.2, 0) is 13.1 Å². The van der Waals surface area contributed by atoms with Gasteiger partial charge < -0.3 is 9.73 Å². The molecule has 0 saturated carbocycles. The third-order valence-electron chi connectivity index (χ3n) is 4.27. The lowest BCUT2D eigenvalue weighted by molar-refractivity contribution is 0.220. The first kappa shape index (κ1) is 15.6. The summed E-state index contributed by atoms with van der Waals surface area (Å²) in [4.78, 5) is 2.57. The van der Waals surface area contributed by atoms with Gasteiger partial charge in [-0.1, -0.05) is 20.8 Å². The molecule has 0 bridgehead atoms. The van der Waals surface area contributed by atoms with Crippen molar-refractivity contribution in [3.63, 3.8) is 0 Å². The van der Waals surface area contributed by atoms with Crippen LogP contribution in [0.4, 0.5) is 0 Å². The fraction of sp³-hybridized carbons (Fsp3) is 0.765. The Hall–Kier alpha value is -0.800. The molecule has 0 radical (unpaired) electrons. The second-order valence-corrected chi connectivity index (χ2v) is 6.49. The van der Waals surface area contributed by atoms with E-state index in [1.165, 1.54) is 31.4 Å². The van der Waals surface area contributed by atoms with Gasteiger partial charge in [-0.15, -0.1) is 0 Å². The Morgan fingerprint density at radius 1 is 1.45 bits per heavy atom. The molecule has 2 heterocycles. The van der Waals surface area contributed by atoms with Crippen LogP contribution in [0, 0.1) is 12.8 Å². The van der Waals surface area contributed by atoms with E-state index < -0.39 is 0 Å². The van der Waals surface area contributed by atoms with E-state index in [2.05, 4.69) is 44.0 Å². The molecule has 1 aromatic heterocycles. The first-order valence-electron chi connectivity index (χ1n) is 8.13. The summed E-state index contributed by atoms with van der Waals surface area (Å²) in [6.45, 7) is 13.0. The van der Waals surface area contributed by atoms with E-state index >= 15 is 0 Å². The first-order chi connectivity index (χ1) is 9.60. The lowest BCUT2D eigenvalue weighted by atomic mass is 10.1. The average Bonchev–Trinajstić information content (AvgIpc) is 2.97. The van der Waals surface area contributed by atoms with E-state index in [1.54, 1.807) is 0 Å². The van der Waals surface area contributed by atoms with Crippen LogP contribution in [0.2, 0.25) is 0 Å². The van der Waals surface area contributed by atoms with Crippen LogP contribution in [0.15, 0.2) is 10.5 Å². The molecule has 20 heavy (non-hydrogen) atoms. The Bertz CT molecular complexity index is 411. The van der Waals surface area contributed by atoms with Crippen molar-refractivity contribution in [3.8, 4) is 0 Å². The summed E-state index contributed by atoms with van der Waals surface area (Å²) >= 11 is 0. The summed E-state index contributed by atoms with van der Waals surface area (Å²) in [5, 5.41) is 3.50. The van der Waals surface area contributed by atoms with Crippen LogP contribution in [-0.4, -0.2) is 24.0 Å². The number of hydrogen-bond donors (Lipinski definition) is 1. The Labute approximate surface area is 123 Å². The number of nitrogens with one attached hydrogen (secondary N) is 1. The molecule has 1 unspecified atom stereocenters. The van der Waals surface area contributed by atoms with E-state index in [0.29, 0.717) is 5.92 Å². The van der Waals surface area contributed by atoms with Crippen molar-refractivity contribution in [3.05, 3.63) is 23.2 Å². The molecule has 1 N–H and O–H groups in total. The first-order valence-corrected chi connectivity index (χ1v) is 8.13. The van der Waals surface area contributed by atoms with Crippen molar-refractivity contribution in [1.29, 1.82) is 0 Å². The van der Waals surface area contributed by atoms with Crippen molar-refractivity contribution >= 4 is 0 Å². The predicted molar refractivity (Wildman–Crippen MR) is 83.7 cm³/mol. The molecule has 2 rings (SSSR count). The smallest absolute Gasteiger partial charge is 0.118 e. The Morgan fingerprint density at radius 2 is 2.25 bits per heavy atom. The molecular weight excluding hydrogens is 248 g/mol. The fourth-order valence-corrected chi connectivity index (χ4v) is 3.10. The normalized spacial score (nSPS) is 20.1. The molecule has 114 valence electrons. The van der Waals surface area contributed by atoms with Crippen LogP contribution in [0.3, 0.4) is 0 Å². The summed E-state index contributed by atoms with van der Waals surface area (Å²) in [7, 11) is 0. The molecule has 0 amide bonds. The molecule has 3 nitrogen and oxygen atoms in total. The zero-order valence-electron chi connectivity index (χ0n) is 13.5. The number of nitrogens with zero attached hydrogens (tertiary/aromatic N) is 1. The third kappa shape index (κ3) is 4.10. The highest BCUT2D eigenvalue weighted by Crippen LogP contribution is 2.24. The largest absolute Gasteiger partial charge is 0.465 e. The third-order valence-corrected chi connectivity index (χ3v) is 4.27. The molecule has 0 aromatic carbocycles. The van der Waals surface area contributed by atoms with Crippen molar-refractivity contribution in [2.75, 3.05) is 13.1 Å². The average molecular weight is 278 g/mol. The van der Waals surface area contributed by atoms with Gasteiger partial charge in [-0.3, -0.25) is 4.90 Å². The maximum Gasteiger partial charge on any atom is 0.118 e. The van der Waals surface area contributed by atoms with E-state index in [9.17, 15) is 0 Å². The number of rotatable bonds is 7. The molecule has 1 atom stereocenters. The predicted octanol–water partition coefficient (Wildman–Crippen LogP) is 3.71. The van der Waals surface area contributed by atoms with Gasteiger partial charge in [0.1, 0.15) is 11.5 Å². The number of furan rings is 1. The van der Waals surface area contributed by atoms with Crippen LogP contribution in [0.25, 0.3) is 0 Å². The lowest BCUT2D eigenvalue weighted by Crippen LogP contribution is -2.27. The molecule has 1 aromatic rings. The zero-order valence-corrected chi connectivity index (χ0v) is 13.5. The topological polar surface area (TPSA) is 28.4 Å². The van der Waals surface area contributed by atoms with Crippen molar-refractivity contribution in [1.82, 2.24) is 10.2 Å². The van der Waals surface area contributed by atoms with Gasteiger partial charge in [0.25, 0.3) is 0 Å². The highest BCUT2D eigenvalue weighted by Gasteiger charge is 2.23. The molecule has 1 saturated heterocycles. The van der Waals surface area contributed by atoms with Gasteiger partial charge in [-0.25, -0.2) is 0 Å². The molecule has 1 aliphatic heterocycles. The van der Waals surface area contributed by atoms with E-state index in [1.807, 2.05) is 0 Å². The molecule has 0 spiro atoms. The molecule has 0 aliphatic carbocycles. The van der Waals surface area contributed by atoms with Crippen molar-refractivity contribution in [2.24, 2.45) is 5.92 Å². The minimum atomic E-state index is 0.691. The number of likely N-dealkylation sites (tertiary alicyclic amines) is 1. The van der Waals surface area contributed by atoms with Gasteiger partial charge in [0.15, 0.2) is 0 Å². The molecule has 1 fully saturated rings. The quantitative estimate of drug-likeness (QED) is 0.824. The van der Waals surface area contributed by atoms with Crippen LogP contribution in [0.5, 0.6) is 0 Å². The lowest BCUT2D eigenvalue weighted by Gasteiger charge is -2.21. The van der Waals surface area contributed by atoms with Crippen LogP contribution >= 0.6 is 0 Å². The maximum atomic E-state index is 5.95. The Balaban J connectivity index is 1.89. The van der Waals surface area contributed by atoms with E-state index in [0.717, 1.165) is 37.2 Å². The highest BCUT2D eigenvalue weighted by molar-refractivity contribution is 5.20. The maximum absolute atomic E-state index is 5.95. The molecular formula is C17H30N2O. The number of aryl methyl sites for hydroxylation is 1. The van der Waals surface area contributed by atoms with Gasteiger partial charge in [0, 0.05) is 18.2 Å². The fourth-order valence-electron chi connectivity index (χ4n) is 3.10. The molecule has 1 aliphatic rings. The monoisotopic (exact) mass is 278 g/mol. The second kappa shape index (κ2) is 7.28. The molecule has 3 heteroatoms. The van der Waals surface area contributed by atoms with Gasteiger partial charge in [-0.05, 0) is 51.3 Å². The van der Waals surface area contributed by atoms with Gasteiger partial charge in [0.2, 0.25) is 0 Å². The van der Waals surface area contributed by atoms with Crippen LogP contribution < -0.4 is 5.32 Å². The SMILES string of the molecule is CCC1CCCN1Cc1cc(CNCC(C)C)c(C)o1. The highest BCUT2D eigenvalue weighted by atomic mass is 16.3. The Morgan fingerprint density at radius 3 is 2.95 bits per heavy atom. The minimum absolute atomic E-state index is 0.691. The summed E-state index contributed by atoms with van der Waals surface area (Å²) in [6.07, 6.45) is 3.93. The van der Waals surface area contributed by atoms with E-state index in [-0.39, 0.29) is 0 Å². The number of hydrogen-bond acceptors (Lipinski definition) is 3. The van der Waals surface area contributed by atoms with Gasteiger partial charge >= 0.3 is 0 Å². The van der Waals surface area contributed by atoms with E-state index in [4.69, 9.17) is 4.42 Å². The Kier molecular flexibility index (Phi) is 5.67. The summed E-state index contributed by atoms with van der Waals surface area (Å²) in [5.74, 6) is 2.89. The minimum Gasteiger partial charge on any atom is -0.465 e. The zero-order chi connectivity index (χ0) is 14.5. The van der Waals surface area contributed by atoms with Crippen molar-refractivity contribution in [2.45, 2.75) is 66.1 Å². The van der Waals surface area contributed by atoms with Gasteiger partial charge in [0.05, 0.1) is 6.54 Å².